The summed E-state index contributed by atoms with van der Waals surface area (Å²) in [6.07, 6.45) is 2.88. The first-order valence-corrected chi connectivity index (χ1v) is 10.7. The number of fused-ring (bicyclic) bond motifs is 1. The van der Waals surface area contributed by atoms with Crippen molar-refractivity contribution in [1.29, 1.82) is 0 Å². The number of hydrogen-bond donors (Lipinski definition) is 2. The zero-order valence-electron chi connectivity index (χ0n) is 15.5. The van der Waals surface area contributed by atoms with Crippen LogP contribution in [0.5, 0.6) is 0 Å². The quantitative estimate of drug-likeness (QED) is 0.566. The molecule has 0 saturated carbocycles. The average molecular weight is 414 g/mol. The van der Waals surface area contributed by atoms with Crippen LogP contribution in [0.1, 0.15) is 19.3 Å². The predicted octanol–water partition coefficient (Wildman–Crippen LogP) is 5.75. The number of hydrogen-bond acceptors (Lipinski definition) is 5. The third-order valence-corrected chi connectivity index (χ3v) is 6.66. The molecular weight excluding hydrogens is 389 g/mol. The summed E-state index contributed by atoms with van der Waals surface area (Å²) in [5, 5.41) is 0.137. The van der Waals surface area contributed by atoms with E-state index in [1.54, 1.807) is 4.31 Å². The minimum Gasteiger partial charge on any atom is -0.309 e. The van der Waals surface area contributed by atoms with Gasteiger partial charge in [-0.15, -0.1) is 0 Å². The van der Waals surface area contributed by atoms with Gasteiger partial charge in [0.2, 0.25) is 0 Å². The molecule has 0 atom stereocenters. The van der Waals surface area contributed by atoms with E-state index in [4.69, 9.17) is 11.6 Å². The number of para-hydroxylation sites is 2. The van der Waals surface area contributed by atoms with E-state index in [2.05, 4.69) is 4.90 Å². The van der Waals surface area contributed by atoms with Gasteiger partial charge in [-0.1, -0.05) is 30.2 Å². The molecule has 0 aliphatic carbocycles. The van der Waals surface area contributed by atoms with Crippen molar-refractivity contribution in [1.82, 2.24) is 4.90 Å². The predicted molar refractivity (Wildman–Crippen MR) is 113 cm³/mol. The van der Waals surface area contributed by atoms with Crippen LogP contribution in [0.3, 0.4) is 0 Å². The topological polar surface area (TPSA) is 50.2 Å². The van der Waals surface area contributed by atoms with E-state index in [-0.39, 0.29) is 5.02 Å². The van der Waals surface area contributed by atoms with E-state index in [1.807, 2.05) is 38.4 Å². The number of benzene rings is 2. The maximum atomic E-state index is 13.5. The van der Waals surface area contributed by atoms with E-state index in [0.29, 0.717) is 17.9 Å². The number of rotatable bonds is 7. The van der Waals surface area contributed by atoms with Crippen LogP contribution >= 0.6 is 22.6 Å². The third-order valence-electron chi connectivity index (χ3n) is 4.50. The molecule has 0 fully saturated rings. The van der Waals surface area contributed by atoms with Crippen molar-refractivity contribution >= 4 is 39.6 Å². The summed E-state index contributed by atoms with van der Waals surface area (Å²) in [7, 11) is 0.749. The standard InChI is InChI=1S/C19H25ClFN3O2S/c1-22(2)12-6-3-7-13-23-18-8-4-5-9-19(18)24(27(23,25)26)17-11-10-15(21)14-16(17)20/h4-5,8-11,14,25-26H,3,6-7,12-13H2,1-2H3. The first kappa shape index (κ1) is 20.2. The van der Waals surface area contributed by atoms with Crippen LogP contribution < -0.4 is 8.61 Å². The van der Waals surface area contributed by atoms with Gasteiger partial charge in [-0.3, -0.25) is 13.4 Å². The molecule has 5 nitrogen and oxygen atoms in total. The lowest BCUT2D eigenvalue weighted by molar-refractivity contribution is 0.392. The molecule has 0 spiro atoms. The van der Waals surface area contributed by atoms with Crippen LogP contribution in [-0.2, 0) is 0 Å². The summed E-state index contributed by atoms with van der Waals surface area (Å²) in [5.74, 6) is -0.467. The molecule has 2 N–H and O–H groups in total. The smallest absolute Gasteiger partial charge is 0.124 e. The van der Waals surface area contributed by atoms with Gasteiger partial charge in [0.1, 0.15) is 5.82 Å². The maximum Gasteiger partial charge on any atom is 0.124 e. The highest BCUT2D eigenvalue weighted by Gasteiger charge is 2.41. The van der Waals surface area contributed by atoms with Gasteiger partial charge in [0, 0.05) is 6.54 Å². The van der Waals surface area contributed by atoms with Gasteiger partial charge in [-0.25, -0.2) is 8.70 Å². The third kappa shape index (κ3) is 4.17. The molecule has 1 heterocycles. The first-order chi connectivity index (χ1) is 12.8. The van der Waals surface area contributed by atoms with Gasteiger partial charge in [-0.2, -0.15) is 0 Å². The molecule has 2 aromatic carbocycles. The highest BCUT2D eigenvalue weighted by Crippen LogP contribution is 2.64. The molecule has 0 unspecified atom stereocenters. The molecule has 0 amide bonds. The van der Waals surface area contributed by atoms with Gasteiger partial charge >= 0.3 is 0 Å². The monoisotopic (exact) mass is 413 g/mol. The largest absolute Gasteiger partial charge is 0.309 e. The second-order valence-electron chi connectivity index (χ2n) is 6.83. The molecule has 0 aromatic heterocycles. The molecule has 1 aliphatic heterocycles. The van der Waals surface area contributed by atoms with Crippen molar-refractivity contribution < 1.29 is 13.5 Å². The fourth-order valence-electron chi connectivity index (χ4n) is 3.22. The molecule has 148 valence electrons. The maximum absolute atomic E-state index is 13.5. The summed E-state index contributed by atoms with van der Waals surface area (Å²) in [6.45, 7) is 1.52. The lowest BCUT2D eigenvalue weighted by atomic mass is 10.2. The molecule has 3 rings (SSSR count). The molecule has 2 aromatic rings. The van der Waals surface area contributed by atoms with E-state index in [1.165, 1.54) is 22.5 Å². The van der Waals surface area contributed by atoms with Crippen LogP contribution in [0.2, 0.25) is 5.02 Å². The zero-order valence-corrected chi connectivity index (χ0v) is 17.0. The summed E-state index contributed by atoms with van der Waals surface area (Å²) in [4.78, 5) is 2.14. The summed E-state index contributed by atoms with van der Waals surface area (Å²) in [6, 6.07) is 11.3. The van der Waals surface area contributed by atoms with E-state index < -0.39 is 16.8 Å². The van der Waals surface area contributed by atoms with Crippen LogP contribution in [0.15, 0.2) is 42.5 Å². The molecule has 27 heavy (non-hydrogen) atoms. The Hall–Kier alpha value is -1.51. The van der Waals surface area contributed by atoms with Gasteiger partial charge in [0.15, 0.2) is 0 Å². The summed E-state index contributed by atoms with van der Waals surface area (Å²) < 4.78 is 38.6. The minimum absolute atomic E-state index is 0.137. The number of halogens is 2. The number of unbranched alkanes of at least 4 members (excludes halogenated alkanes) is 2. The molecule has 0 saturated heterocycles. The van der Waals surface area contributed by atoms with E-state index >= 15 is 0 Å². The van der Waals surface area contributed by atoms with Crippen molar-refractivity contribution in [2.75, 3.05) is 35.8 Å². The molecule has 0 bridgehead atoms. The fourth-order valence-corrected chi connectivity index (χ4v) is 5.35. The van der Waals surface area contributed by atoms with E-state index in [0.717, 1.165) is 31.5 Å². The van der Waals surface area contributed by atoms with Gasteiger partial charge in [-0.05, 0) is 74.8 Å². The number of anilines is 3. The SMILES string of the molecule is CN(C)CCCCCN1c2ccccc2N(c2ccc(F)cc2Cl)S1(O)O. The van der Waals surface area contributed by atoms with Crippen molar-refractivity contribution in [3.8, 4) is 0 Å². The lowest BCUT2D eigenvalue weighted by Gasteiger charge is -2.44. The van der Waals surface area contributed by atoms with Crippen LogP contribution in [0.25, 0.3) is 0 Å². The Morgan fingerprint density at radius 1 is 1.00 bits per heavy atom. The summed E-state index contributed by atoms with van der Waals surface area (Å²) in [5.41, 5.74) is 1.77. The average Bonchev–Trinajstić information content (AvgIpc) is 2.82. The second-order valence-corrected chi connectivity index (χ2v) is 9.03. The highest BCUT2D eigenvalue weighted by atomic mass is 35.5. The van der Waals surface area contributed by atoms with Gasteiger partial charge in [0.05, 0.1) is 22.1 Å². The minimum atomic E-state index is -3.33. The Balaban J connectivity index is 1.86. The van der Waals surface area contributed by atoms with Crippen molar-refractivity contribution in [2.45, 2.75) is 19.3 Å². The van der Waals surface area contributed by atoms with Gasteiger partial charge in [0.25, 0.3) is 0 Å². The summed E-state index contributed by atoms with van der Waals surface area (Å²) >= 11 is 6.21. The molecule has 8 heteroatoms. The Labute approximate surface area is 166 Å². The lowest BCUT2D eigenvalue weighted by Crippen LogP contribution is -2.32. The van der Waals surface area contributed by atoms with Crippen LogP contribution in [0, 0.1) is 5.82 Å². The van der Waals surface area contributed by atoms with E-state index in [9.17, 15) is 13.5 Å². The van der Waals surface area contributed by atoms with Crippen LogP contribution in [0.4, 0.5) is 21.5 Å². The Morgan fingerprint density at radius 2 is 1.70 bits per heavy atom. The van der Waals surface area contributed by atoms with Crippen molar-refractivity contribution in [3.63, 3.8) is 0 Å². The van der Waals surface area contributed by atoms with Crippen LogP contribution in [-0.4, -0.2) is 41.2 Å². The first-order valence-electron chi connectivity index (χ1n) is 8.87. The molecular formula is C19H25ClFN3O2S. The molecule has 1 aliphatic rings. The van der Waals surface area contributed by atoms with Crippen molar-refractivity contribution in [3.05, 3.63) is 53.3 Å². The van der Waals surface area contributed by atoms with Crippen molar-refractivity contribution in [2.24, 2.45) is 0 Å². The second kappa shape index (κ2) is 8.24. The number of nitrogens with zero attached hydrogens (tertiary/aromatic N) is 3. The Bertz CT molecular complexity index is 806. The Kier molecular flexibility index (Phi) is 6.18. The van der Waals surface area contributed by atoms with Gasteiger partial charge < -0.3 is 4.90 Å². The molecule has 0 radical (unpaired) electrons. The highest BCUT2D eigenvalue weighted by molar-refractivity contribution is 8.27. The fraction of sp³-hybridized carbons (Fsp3) is 0.368. The normalized spacial score (nSPS) is 16.7. The zero-order chi connectivity index (χ0) is 19.6. The Morgan fingerprint density at radius 3 is 2.37 bits per heavy atom.